The summed E-state index contributed by atoms with van der Waals surface area (Å²) >= 11 is 0. The fourth-order valence-corrected chi connectivity index (χ4v) is 3.86. The van der Waals surface area contributed by atoms with Crippen LogP contribution in [0.4, 0.5) is 0 Å². The molecule has 0 aromatic rings. The maximum atomic E-state index is 11.7. The van der Waals surface area contributed by atoms with Gasteiger partial charge in [0.2, 0.25) is 10.0 Å². The van der Waals surface area contributed by atoms with Crippen molar-refractivity contribution in [2.45, 2.75) is 39.5 Å². The molecule has 0 aromatic carbocycles. The largest absolute Gasteiger partial charge is 0.330 e. The van der Waals surface area contributed by atoms with Crippen molar-refractivity contribution in [2.75, 3.05) is 18.8 Å². The highest BCUT2D eigenvalue weighted by Crippen LogP contribution is 2.36. The minimum absolute atomic E-state index is 0.0179. The van der Waals surface area contributed by atoms with E-state index >= 15 is 0 Å². The van der Waals surface area contributed by atoms with Crippen LogP contribution in [0.1, 0.15) is 39.5 Å². The topological polar surface area (TPSA) is 72.2 Å². The molecule has 0 atom stereocenters. The van der Waals surface area contributed by atoms with Crippen molar-refractivity contribution in [3.05, 3.63) is 0 Å². The zero-order valence-electron chi connectivity index (χ0n) is 10.3. The first-order valence-corrected chi connectivity index (χ1v) is 7.72. The van der Waals surface area contributed by atoms with E-state index in [1.165, 1.54) is 12.8 Å². The molecule has 0 aliphatic heterocycles. The normalized spacial score (nSPS) is 20.5. The van der Waals surface area contributed by atoms with Gasteiger partial charge in [0.15, 0.2) is 0 Å². The summed E-state index contributed by atoms with van der Waals surface area (Å²) in [6.07, 6.45) is 4.44. The smallest absolute Gasteiger partial charge is 0.211 e. The molecule has 0 spiro atoms. The van der Waals surface area contributed by atoms with Gasteiger partial charge in [0, 0.05) is 6.54 Å². The average molecular weight is 248 g/mol. The molecule has 3 N–H and O–H groups in total. The van der Waals surface area contributed by atoms with E-state index < -0.39 is 10.0 Å². The van der Waals surface area contributed by atoms with Crippen LogP contribution in [0.3, 0.4) is 0 Å². The molecule has 0 amide bonds. The summed E-state index contributed by atoms with van der Waals surface area (Å²) < 4.78 is 26.1. The Bertz CT molecular complexity index is 306. The lowest BCUT2D eigenvalue weighted by atomic mass is 9.87. The molecular weight excluding hydrogens is 224 g/mol. The predicted molar refractivity (Wildman–Crippen MR) is 66.6 cm³/mol. The van der Waals surface area contributed by atoms with Crippen LogP contribution in [0, 0.1) is 11.3 Å². The van der Waals surface area contributed by atoms with Gasteiger partial charge >= 0.3 is 0 Å². The second-order valence-electron chi connectivity index (χ2n) is 5.41. The summed E-state index contributed by atoms with van der Waals surface area (Å²) in [6, 6.07) is 0. The Morgan fingerprint density at radius 2 is 1.88 bits per heavy atom. The number of sulfonamides is 1. The maximum Gasteiger partial charge on any atom is 0.211 e. The van der Waals surface area contributed by atoms with Gasteiger partial charge in [-0.05, 0) is 30.7 Å². The highest BCUT2D eigenvalue weighted by atomic mass is 32.2. The third-order valence-corrected chi connectivity index (χ3v) is 5.01. The van der Waals surface area contributed by atoms with Gasteiger partial charge in [0.05, 0.1) is 5.75 Å². The van der Waals surface area contributed by atoms with Crippen LogP contribution >= 0.6 is 0 Å². The molecule has 4 nitrogen and oxygen atoms in total. The molecule has 5 heteroatoms. The molecular formula is C11H24N2O2S. The first kappa shape index (κ1) is 13.9. The SMILES string of the molecule is CC(C)CS(=O)(=O)NCC1(CN)CCCC1. The molecule has 0 aromatic heterocycles. The van der Waals surface area contributed by atoms with Crippen LogP contribution in [0.25, 0.3) is 0 Å². The summed E-state index contributed by atoms with van der Waals surface area (Å²) in [5, 5.41) is 0. The molecule has 96 valence electrons. The van der Waals surface area contributed by atoms with Crippen LogP contribution in [0.15, 0.2) is 0 Å². The zero-order valence-corrected chi connectivity index (χ0v) is 11.1. The summed E-state index contributed by atoms with van der Waals surface area (Å²) in [4.78, 5) is 0. The number of hydrogen-bond acceptors (Lipinski definition) is 3. The first-order valence-electron chi connectivity index (χ1n) is 6.07. The minimum Gasteiger partial charge on any atom is -0.330 e. The molecule has 0 saturated heterocycles. The Labute approximate surface area is 99.0 Å². The van der Waals surface area contributed by atoms with Crippen molar-refractivity contribution < 1.29 is 8.42 Å². The fourth-order valence-electron chi connectivity index (χ4n) is 2.34. The Hall–Kier alpha value is -0.130. The highest BCUT2D eigenvalue weighted by molar-refractivity contribution is 7.89. The van der Waals surface area contributed by atoms with E-state index in [0.717, 1.165) is 12.8 Å². The second kappa shape index (κ2) is 5.47. The highest BCUT2D eigenvalue weighted by Gasteiger charge is 2.33. The van der Waals surface area contributed by atoms with Crippen molar-refractivity contribution >= 4 is 10.0 Å². The van der Waals surface area contributed by atoms with Gasteiger partial charge in [-0.3, -0.25) is 0 Å². The molecule has 16 heavy (non-hydrogen) atoms. The Balaban J connectivity index is 2.49. The van der Waals surface area contributed by atoms with Gasteiger partial charge in [-0.2, -0.15) is 0 Å². The van der Waals surface area contributed by atoms with Crippen LogP contribution in [-0.4, -0.2) is 27.3 Å². The van der Waals surface area contributed by atoms with Crippen LogP contribution in [0.5, 0.6) is 0 Å². The maximum absolute atomic E-state index is 11.7. The molecule has 1 rings (SSSR count). The van der Waals surface area contributed by atoms with Crippen molar-refractivity contribution in [1.29, 1.82) is 0 Å². The average Bonchev–Trinajstić information content (AvgIpc) is 2.62. The Kier molecular flexibility index (Phi) is 4.76. The van der Waals surface area contributed by atoms with Crippen LogP contribution in [0.2, 0.25) is 0 Å². The van der Waals surface area contributed by atoms with E-state index in [4.69, 9.17) is 5.73 Å². The molecule has 0 radical (unpaired) electrons. The van der Waals surface area contributed by atoms with E-state index in [1.807, 2.05) is 13.8 Å². The van der Waals surface area contributed by atoms with Gasteiger partial charge in [-0.25, -0.2) is 13.1 Å². The summed E-state index contributed by atoms with van der Waals surface area (Å²) in [7, 11) is -3.12. The minimum atomic E-state index is -3.12. The second-order valence-corrected chi connectivity index (χ2v) is 7.26. The van der Waals surface area contributed by atoms with Gasteiger partial charge in [0.25, 0.3) is 0 Å². The lowest BCUT2D eigenvalue weighted by molar-refractivity contribution is 0.309. The van der Waals surface area contributed by atoms with Crippen LogP contribution < -0.4 is 10.5 Å². The van der Waals surface area contributed by atoms with Crippen molar-refractivity contribution in [1.82, 2.24) is 4.72 Å². The summed E-state index contributed by atoms with van der Waals surface area (Å²) in [5.41, 5.74) is 5.78. The quantitative estimate of drug-likeness (QED) is 0.739. The number of nitrogens with one attached hydrogen (secondary N) is 1. The Morgan fingerprint density at radius 3 is 2.31 bits per heavy atom. The Morgan fingerprint density at radius 1 is 1.31 bits per heavy atom. The summed E-state index contributed by atoms with van der Waals surface area (Å²) in [6.45, 7) is 4.91. The van der Waals surface area contributed by atoms with Crippen molar-refractivity contribution in [3.63, 3.8) is 0 Å². The molecule has 0 bridgehead atoms. The van der Waals surface area contributed by atoms with E-state index in [0.29, 0.717) is 13.1 Å². The van der Waals surface area contributed by atoms with Gasteiger partial charge in [-0.15, -0.1) is 0 Å². The third-order valence-electron chi connectivity index (χ3n) is 3.32. The van der Waals surface area contributed by atoms with Gasteiger partial charge in [0.1, 0.15) is 0 Å². The zero-order chi connectivity index (χ0) is 12.2. The van der Waals surface area contributed by atoms with Crippen molar-refractivity contribution in [2.24, 2.45) is 17.1 Å². The number of rotatable bonds is 6. The van der Waals surface area contributed by atoms with Gasteiger partial charge < -0.3 is 5.73 Å². The number of hydrogen-bond donors (Lipinski definition) is 2. The van der Waals surface area contributed by atoms with E-state index in [-0.39, 0.29) is 17.1 Å². The predicted octanol–water partition coefficient (Wildman–Crippen LogP) is 1.08. The summed E-state index contributed by atoms with van der Waals surface area (Å²) in [5.74, 6) is 0.364. The first-order chi connectivity index (χ1) is 7.39. The molecule has 1 aliphatic carbocycles. The van der Waals surface area contributed by atoms with E-state index in [2.05, 4.69) is 4.72 Å². The van der Waals surface area contributed by atoms with E-state index in [9.17, 15) is 8.42 Å². The molecule has 1 aliphatic rings. The van der Waals surface area contributed by atoms with Crippen molar-refractivity contribution in [3.8, 4) is 0 Å². The lowest BCUT2D eigenvalue weighted by Gasteiger charge is -2.27. The third kappa shape index (κ3) is 4.03. The fraction of sp³-hybridized carbons (Fsp3) is 1.00. The molecule has 1 saturated carbocycles. The molecule has 0 unspecified atom stereocenters. The standard InChI is InChI=1S/C11H24N2O2S/c1-10(2)7-16(14,15)13-9-11(8-12)5-3-4-6-11/h10,13H,3-9,12H2,1-2H3. The van der Waals surface area contributed by atoms with Crippen LogP contribution in [-0.2, 0) is 10.0 Å². The molecule has 0 heterocycles. The number of nitrogens with two attached hydrogens (primary N) is 1. The lowest BCUT2D eigenvalue weighted by Crippen LogP contribution is -2.41. The monoisotopic (exact) mass is 248 g/mol. The van der Waals surface area contributed by atoms with Gasteiger partial charge in [-0.1, -0.05) is 26.7 Å². The molecule has 1 fully saturated rings. The van der Waals surface area contributed by atoms with E-state index in [1.54, 1.807) is 0 Å².